The van der Waals surface area contributed by atoms with Crippen LogP contribution in [0.3, 0.4) is 0 Å². The Morgan fingerprint density at radius 2 is 1.84 bits per heavy atom. The fourth-order valence-corrected chi connectivity index (χ4v) is 2.03. The van der Waals surface area contributed by atoms with Crippen LogP contribution in [0.5, 0.6) is 5.75 Å². The highest BCUT2D eigenvalue weighted by Gasteiger charge is 2.05. The van der Waals surface area contributed by atoms with E-state index in [1.165, 1.54) is 0 Å². The fourth-order valence-electron chi connectivity index (χ4n) is 2.03. The Hall–Kier alpha value is -2.55. The summed E-state index contributed by atoms with van der Waals surface area (Å²) in [4.78, 5) is 4.08. The Morgan fingerprint density at radius 3 is 2.68 bits per heavy atom. The lowest BCUT2D eigenvalue weighted by atomic mass is 10.1. The molecular weight excluding hydrogens is 236 g/mol. The van der Waals surface area contributed by atoms with Crippen LogP contribution in [0.15, 0.2) is 60.9 Å². The quantitative estimate of drug-likeness (QED) is 0.725. The minimum absolute atomic E-state index is 0.516. The number of nitrogens with two attached hydrogens (primary N) is 1. The number of benzene rings is 2. The lowest BCUT2D eigenvalue weighted by molar-refractivity contribution is 0.308. The van der Waals surface area contributed by atoms with Crippen LogP contribution in [-0.2, 0) is 6.61 Å². The van der Waals surface area contributed by atoms with Gasteiger partial charge in [-0.15, -0.1) is 0 Å². The number of rotatable bonds is 3. The smallest absolute Gasteiger partial charge is 0.143 e. The third kappa shape index (κ3) is 2.36. The molecule has 0 radical (unpaired) electrons. The topological polar surface area (TPSA) is 48.1 Å². The van der Waals surface area contributed by atoms with E-state index in [0.717, 1.165) is 16.3 Å². The lowest BCUT2D eigenvalue weighted by Gasteiger charge is -2.11. The van der Waals surface area contributed by atoms with Gasteiger partial charge in [0.1, 0.15) is 12.4 Å². The van der Waals surface area contributed by atoms with Crippen molar-refractivity contribution in [3.8, 4) is 5.75 Å². The molecule has 0 unspecified atom stereocenters. The summed E-state index contributed by atoms with van der Waals surface area (Å²) in [6.45, 7) is 0.516. The summed E-state index contributed by atoms with van der Waals surface area (Å²) in [6.07, 6.45) is 3.53. The van der Waals surface area contributed by atoms with Crippen LogP contribution in [0, 0.1) is 0 Å². The molecule has 0 spiro atoms. The molecule has 0 aliphatic rings. The highest BCUT2D eigenvalue weighted by Crippen LogP contribution is 2.30. The summed E-state index contributed by atoms with van der Waals surface area (Å²) < 4.78 is 5.79. The van der Waals surface area contributed by atoms with Crippen molar-refractivity contribution in [2.45, 2.75) is 6.61 Å². The first-order valence-electron chi connectivity index (χ1n) is 6.13. The third-order valence-electron chi connectivity index (χ3n) is 3.06. The lowest BCUT2D eigenvalue weighted by Crippen LogP contribution is -1.99. The molecule has 3 aromatic rings. The number of hydrogen-bond donors (Lipinski definition) is 1. The SMILES string of the molecule is Nc1c(OCc2ccccc2)ccc2cnccc12. The predicted octanol–water partition coefficient (Wildman–Crippen LogP) is 3.40. The Morgan fingerprint density at radius 1 is 1.00 bits per heavy atom. The normalized spacial score (nSPS) is 10.5. The molecule has 3 rings (SSSR count). The monoisotopic (exact) mass is 250 g/mol. The van der Waals surface area contributed by atoms with E-state index < -0.39 is 0 Å². The van der Waals surface area contributed by atoms with Crippen molar-refractivity contribution in [3.05, 3.63) is 66.5 Å². The van der Waals surface area contributed by atoms with Gasteiger partial charge in [-0.2, -0.15) is 0 Å². The van der Waals surface area contributed by atoms with Gasteiger partial charge in [0.15, 0.2) is 0 Å². The van der Waals surface area contributed by atoms with Crippen molar-refractivity contribution in [2.75, 3.05) is 5.73 Å². The highest BCUT2D eigenvalue weighted by molar-refractivity contribution is 5.95. The fraction of sp³-hybridized carbons (Fsp3) is 0.0625. The van der Waals surface area contributed by atoms with Crippen molar-refractivity contribution in [2.24, 2.45) is 0 Å². The van der Waals surface area contributed by atoms with Crippen molar-refractivity contribution in [3.63, 3.8) is 0 Å². The molecule has 94 valence electrons. The second-order valence-corrected chi connectivity index (χ2v) is 4.35. The largest absolute Gasteiger partial charge is 0.487 e. The highest BCUT2D eigenvalue weighted by atomic mass is 16.5. The number of nitrogens with zero attached hydrogens (tertiary/aromatic N) is 1. The van der Waals surface area contributed by atoms with Gasteiger partial charge in [-0.05, 0) is 23.8 Å². The Balaban J connectivity index is 1.87. The summed E-state index contributed by atoms with van der Waals surface area (Å²) in [7, 11) is 0. The van der Waals surface area contributed by atoms with E-state index in [2.05, 4.69) is 4.98 Å². The van der Waals surface area contributed by atoms with E-state index >= 15 is 0 Å². The maximum absolute atomic E-state index is 6.13. The molecule has 0 atom stereocenters. The number of fused-ring (bicyclic) bond motifs is 1. The Labute approximate surface area is 111 Å². The summed E-state index contributed by atoms with van der Waals surface area (Å²) in [5.41, 5.74) is 7.92. The molecule has 0 bridgehead atoms. The van der Waals surface area contributed by atoms with Gasteiger partial charge in [-0.1, -0.05) is 30.3 Å². The maximum atomic E-state index is 6.13. The van der Waals surface area contributed by atoms with Crippen LogP contribution >= 0.6 is 0 Å². The molecule has 0 saturated carbocycles. The molecule has 3 heteroatoms. The minimum atomic E-state index is 0.516. The van der Waals surface area contributed by atoms with Gasteiger partial charge in [-0.3, -0.25) is 4.98 Å². The molecule has 0 aliphatic carbocycles. The molecular formula is C16H14N2O. The van der Waals surface area contributed by atoms with E-state index in [-0.39, 0.29) is 0 Å². The number of ether oxygens (including phenoxy) is 1. The standard InChI is InChI=1S/C16H14N2O/c17-16-14-8-9-18-10-13(14)6-7-15(16)19-11-12-4-2-1-3-5-12/h1-10H,11,17H2. The molecule has 19 heavy (non-hydrogen) atoms. The van der Waals surface area contributed by atoms with Gasteiger partial charge in [-0.25, -0.2) is 0 Å². The van der Waals surface area contributed by atoms with Crippen molar-refractivity contribution < 1.29 is 4.74 Å². The molecule has 0 amide bonds. The minimum Gasteiger partial charge on any atom is -0.487 e. The Bertz CT molecular complexity index is 695. The third-order valence-corrected chi connectivity index (χ3v) is 3.06. The molecule has 0 aliphatic heterocycles. The summed E-state index contributed by atoms with van der Waals surface area (Å²) in [5, 5.41) is 1.99. The number of aromatic nitrogens is 1. The average molecular weight is 250 g/mol. The van der Waals surface area contributed by atoms with E-state index in [9.17, 15) is 0 Å². The number of anilines is 1. The van der Waals surface area contributed by atoms with E-state index in [1.54, 1.807) is 12.4 Å². The number of hydrogen-bond acceptors (Lipinski definition) is 3. The van der Waals surface area contributed by atoms with Crippen molar-refractivity contribution in [1.29, 1.82) is 0 Å². The number of pyridine rings is 1. The molecule has 2 N–H and O–H groups in total. The average Bonchev–Trinajstić information content (AvgIpc) is 2.48. The van der Waals surface area contributed by atoms with Gasteiger partial charge < -0.3 is 10.5 Å². The van der Waals surface area contributed by atoms with Crippen LogP contribution in [0.4, 0.5) is 5.69 Å². The van der Waals surface area contributed by atoms with E-state index in [0.29, 0.717) is 18.0 Å². The van der Waals surface area contributed by atoms with Crippen LogP contribution in [0.1, 0.15) is 5.56 Å². The summed E-state index contributed by atoms with van der Waals surface area (Å²) in [5.74, 6) is 0.711. The van der Waals surface area contributed by atoms with Gasteiger partial charge >= 0.3 is 0 Å². The van der Waals surface area contributed by atoms with E-state index in [4.69, 9.17) is 10.5 Å². The zero-order valence-electron chi connectivity index (χ0n) is 10.4. The molecule has 1 heterocycles. The summed E-state index contributed by atoms with van der Waals surface area (Å²) in [6, 6.07) is 15.8. The van der Waals surface area contributed by atoms with E-state index in [1.807, 2.05) is 48.5 Å². The molecule has 3 nitrogen and oxygen atoms in total. The van der Waals surface area contributed by atoms with Gasteiger partial charge in [0.05, 0.1) is 5.69 Å². The first-order valence-corrected chi connectivity index (χ1v) is 6.13. The second kappa shape index (κ2) is 4.98. The van der Waals surface area contributed by atoms with Crippen molar-refractivity contribution >= 4 is 16.5 Å². The Kier molecular flexibility index (Phi) is 3.02. The second-order valence-electron chi connectivity index (χ2n) is 4.35. The van der Waals surface area contributed by atoms with Crippen LogP contribution in [-0.4, -0.2) is 4.98 Å². The van der Waals surface area contributed by atoms with Crippen molar-refractivity contribution in [1.82, 2.24) is 4.98 Å². The number of nitrogen functional groups attached to an aromatic ring is 1. The molecule has 0 fully saturated rings. The van der Waals surface area contributed by atoms with Crippen LogP contribution < -0.4 is 10.5 Å². The molecule has 1 aromatic heterocycles. The van der Waals surface area contributed by atoms with Crippen LogP contribution in [0.25, 0.3) is 10.8 Å². The van der Waals surface area contributed by atoms with Gasteiger partial charge in [0.25, 0.3) is 0 Å². The maximum Gasteiger partial charge on any atom is 0.143 e. The summed E-state index contributed by atoms with van der Waals surface area (Å²) >= 11 is 0. The van der Waals surface area contributed by atoms with Gasteiger partial charge in [0, 0.05) is 23.2 Å². The molecule has 2 aromatic carbocycles. The van der Waals surface area contributed by atoms with Gasteiger partial charge in [0.2, 0.25) is 0 Å². The zero-order valence-corrected chi connectivity index (χ0v) is 10.4. The first-order chi connectivity index (χ1) is 9.34. The predicted molar refractivity (Wildman–Crippen MR) is 76.9 cm³/mol. The molecule has 0 saturated heterocycles. The first kappa shape index (κ1) is 11.5. The van der Waals surface area contributed by atoms with Crippen LogP contribution in [0.2, 0.25) is 0 Å². The zero-order chi connectivity index (χ0) is 13.1.